The summed E-state index contributed by atoms with van der Waals surface area (Å²) in [4.78, 5) is 68.5. The highest BCUT2D eigenvalue weighted by Crippen LogP contribution is 2.46. The second kappa shape index (κ2) is 21.1. The van der Waals surface area contributed by atoms with Crippen molar-refractivity contribution in [1.29, 1.82) is 0 Å². The molecule has 0 bridgehead atoms. The number of nitrogens with one attached hydrogen (secondary N) is 3. The second-order valence-corrected chi connectivity index (χ2v) is 25.6. The third-order valence-corrected chi connectivity index (χ3v) is 18.4. The number of nitrogens with zero attached hydrogens (tertiary/aromatic N) is 8. The SMILES string of the molecule is COc1cc(N2CCC(CN3CCC4(CC3)CCN(c3cc5c(cc3F)C(=O)N(C3CCC(=O)NC3=O)C5=O)CC4)CC2)c(-c2cnn(C)c2)cc1Nc1ncc(Br)c(Nc2ccc(-c3ccccc3)cc2P(C)(C)=O)n1. The van der Waals surface area contributed by atoms with E-state index in [1.165, 1.54) is 6.07 Å². The van der Waals surface area contributed by atoms with E-state index in [2.05, 4.69) is 63.9 Å². The number of fused-ring (bicyclic) bond motifs is 1. The number of methoxy groups -OCH3 is 1. The topological polar surface area (TPSA) is 187 Å². The molecule has 77 heavy (non-hydrogen) atoms. The molecule has 0 radical (unpaired) electrons. The molecular formula is C57H62BrFN11O6P. The molecule has 5 aliphatic heterocycles. The highest BCUT2D eigenvalue weighted by molar-refractivity contribution is 9.10. The van der Waals surface area contributed by atoms with Gasteiger partial charge >= 0.3 is 0 Å². The van der Waals surface area contributed by atoms with Gasteiger partial charge in [0.25, 0.3) is 11.8 Å². The number of anilines is 6. The van der Waals surface area contributed by atoms with E-state index in [0.717, 1.165) is 115 Å². The van der Waals surface area contributed by atoms with Gasteiger partial charge in [0.05, 0.1) is 46.0 Å². The van der Waals surface area contributed by atoms with Crippen LogP contribution in [0.15, 0.2) is 95.9 Å². The Kier molecular flexibility index (Phi) is 14.3. The summed E-state index contributed by atoms with van der Waals surface area (Å²) in [6.45, 7) is 9.67. The molecule has 1 unspecified atom stereocenters. The number of hydrogen-bond donors (Lipinski definition) is 3. The standard InChI is InChI=1S/C57H62BrFN11O6P/c1-66-34-38(31-61-66)39-28-45(63-56-60-32-42(58)52(65-56)62-44-11-10-37(26-50(44)77(3,4)75)36-8-6-5-7-9-36)49(76-2)30-47(39)68-20-14-35(15-21-68)33-67-22-16-57(17-23-67)18-24-69(25-19-57)48-29-41-40(27-43(48)59)54(73)70(55(41)74)46-12-13-51(71)64-53(46)72/h5-11,26-32,34-35,46H,12-25,33H2,1-4H3,(H,64,71,72)(H2,60,62,63,65). The van der Waals surface area contributed by atoms with Crippen LogP contribution < -0.4 is 35.8 Å². The number of imide groups is 2. The minimum atomic E-state index is -2.72. The first-order valence-corrected chi connectivity index (χ1v) is 29.7. The molecule has 11 rings (SSSR count). The van der Waals surface area contributed by atoms with Crippen molar-refractivity contribution in [1.82, 2.24) is 34.9 Å². The van der Waals surface area contributed by atoms with Gasteiger partial charge in [-0.25, -0.2) is 9.37 Å². The van der Waals surface area contributed by atoms with Crippen LogP contribution in [0, 0.1) is 17.2 Å². The van der Waals surface area contributed by atoms with Crippen LogP contribution in [0.25, 0.3) is 22.3 Å². The van der Waals surface area contributed by atoms with E-state index < -0.39 is 42.6 Å². The number of halogens is 2. The Morgan fingerprint density at radius 3 is 2.16 bits per heavy atom. The predicted octanol–water partition coefficient (Wildman–Crippen LogP) is 9.19. The number of benzene rings is 4. The number of carbonyl (C=O) groups excluding carboxylic acids is 4. The van der Waals surface area contributed by atoms with Crippen LogP contribution in [0.4, 0.5) is 38.9 Å². The van der Waals surface area contributed by atoms with Gasteiger partial charge in [-0.15, -0.1) is 0 Å². The van der Waals surface area contributed by atoms with E-state index >= 15 is 4.39 Å². The van der Waals surface area contributed by atoms with Gasteiger partial charge in [0.15, 0.2) is 0 Å². The first kappa shape index (κ1) is 52.1. The smallest absolute Gasteiger partial charge is 0.262 e. The molecule has 5 aliphatic rings. The van der Waals surface area contributed by atoms with Gasteiger partial charge in [0.1, 0.15) is 30.6 Å². The number of amides is 4. The quantitative estimate of drug-likeness (QED) is 0.0734. The first-order chi connectivity index (χ1) is 37.0. The summed E-state index contributed by atoms with van der Waals surface area (Å²) in [7, 11) is 0.858. The molecule has 6 aromatic rings. The maximum absolute atomic E-state index is 15.7. The van der Waals surface area contributed by atoms with E-state index in [9.17, 15) is 23.7 Å². The minimum Gasteiger partial charge on any atom is -0.494 e. The Balaban J connectivity index is 0.718. The lowest BCUT2D eigenvalue weighted by atomic mass is 9.71. The number of ether oxygens (including phenoxy) is 1. The first-order valence-electron chi connectivity index (χ1n) is 26.3. The monoisotopic (exact) mass is 1130 g/mol. The summed E-state index contributed by atoms with van der Waals surface area (Å²) >= 11 is 3.64. The summed E-state index contributed by atoms with van der Waals surface area (Å²) in [5, 5.41) is 14.3. The van der Waals surface area contributed by atoms with E-state index in [-0.39, 0.29) is 29.4 Å². The van der Waals surface area contributed by atoms with Crippen molar-refractivity contribution in [2.75, 3.05) is 86.7 Å². The molecule has 1 atom stereocenters. The Morgan fingerprint density at radius 2 is 1.48 bits per heavy atom. The van der Waals surface area contributed by atoms with Crippen molar-refractivity contribution >= 4 is 86.5 Å². The minimum absolute atomic E-state index is 0.0191. The molecule has 1 spiro atoms. The number of piperidine rings is 4. The van der Waals surface area contributed by atoms with Crippen LogP contribution >= 0.6 is 23.1 Å². The molecule has 0 aliphatic carbocycles. The molecular weight excluding hydrogens is 1060 g/mol. The van der Waals surface area contributed by atoms with Crippen molar-refractivity contribution in [3.05, 3.63) is 113 Å². The van der Waals surface area contributed by atoms with E-state index in [4.69, 9.17) is 9.72 Å². The lowest BCUT2D eigenvalue weighted by Crippen LogP contribution is -2.54. The molecule has 400 valence electrons. The number of carbonyl (C=O) groups is 4. The molecule has 4 amide bonds. The Bertz CT molecular complexity index is 3340. The highest BCUT2D eigenvalue weighted by atomic mass is 79.9. The summed E-state index contributed by atoms with van der Waals surface area (Å²) in [6, 6.07) is 21.7. The van der Waals surface area contributed by atoms with Gasteiger partial charge in [-0.1, -0.05) is 36.4 Å². The molecule has 17 nitrogen and oxygen atoms in total. The maximum atomic E-state index is 15.7. The molecule has 4 saturated heterocycles. The Hall–Kier alpha value is -6.95. The predicted molar refractivity (Wildman–Crippen MR) is 300 cm³/mol. The van der Waals surface area contributed by atoms with Crippen LogP contribution in [0.3, 0.4) is 0 Å². The summed E-state index contributed by atoms with van der Waals surface area (Å²) in [5.74, 6) is -0.996. The van der Waals surface area contributed by atoms with Crippen LogP contribution in [-0.4, -0.2) is 125 Å². The molecule has 0 saturated carbocycles. The fraction of sp³-hybridized carbons (Fsp3) is 0.386. The average Bonchev–Trinajstić information content (AvgIpc) is 4.14. The third kappa shape index (κ3) is 10.6. The molecule has 4 fully saturated rings. The largest absolute Gasteiger partial charge is 0.494 e. The van der Waals surface area contributed by atoms with Gasteiger partial charge in [0.2, 0.25) is 17.8 Å². The van der Waals surface area contributed by atoms with Gasteiger partial charge < -0.3 is 34.6 Å². The number of aromatic nitrogens is 4. The zero-order valence-corrected chi connectivity index (χ0v) is 46.1. The molecule has 4 aromatic carbocycles. The van der Waals surface area contributed by atoms with Crippen molar-refractivity contribution in [3.8, 4) is 28.0 Å². The van der Waals surface area contributed by atoms with E-state index in [1.54, 1.807) is 31.3 Å². The van der Waals surface area contributed by atoms with Crippen LogP contribution in [0.5, 0.6) is 5.75 Å². The number of aryl methyl sites for hydroxylation is 1. The van der Waals surface area contributed by atoms with Gasteiger partial charge in [-0.05, 0) is 140 Å². The van der Waals surface area contributed by atoms with Gasteiger partial charge in [-0.2, -0.15) is 10.1 Å². The van der Waals surface area contributed by atoms with Gasteiger partial charge in [-0.3, -0.25) is 34.1 Å². The van der Waals surface area contributed by atoms with Crippen molar-refractivity contribution < 1.29 is 32.9 Å². The summed E-state index contributed by atoms with van der Waals surface area (Å²) < 4.78 is 37.9. The van der Waals surface area contributed by atoms with Gasteiger partial charge in [0, 0.05) is 86.8 Å². The van der Waals surface area contributed by atoms with Crippen molar-refractivity contribution in [2.45, 2.75) is 57.4 Å². The number of likely N-dealkylation sites (tertiary alicyclic amines) is 1. The average molecular weight is 1130 g/mol. The maximum Gasteiger partial charge on any atom is 0.262 e. The molecule has 7 heterocycles. The Morgan fingerprint density at radius 1 is 0.779 bits per heavy atom. The van der Waals surface area contributed by atoms with E-state index in [1.807, 2.05) is 72.9 Å². The van der Waals surface area contributed by atoms with Crippen molar-refractivity contribution in [2.24, 2.45) is 18.4 Å². The Labute approximate surface area is 455 Å². The second-order valence-electron chi connectivity index (χ2n) is 21.6. The van der Waals surface area contributed by atoms with Crippen LogP contribution in [0.2, 0.25) is 0 Å². The normalized spacial score (nSPS) is 19.2. The van der Waals surface area contributed by atoms with Crippen LogP contribution in [-0.2, 0) is 21.2 Å². The zero-order chi connectivity index (χ0) is 53.8. The lowest BCUT2D eigenvalue weighted by Gasteiger charge is -2.48. The zero-order valence-electron chi connectivity index (χ0n) is 43.7. The van der Waals surface area contributed by atoms with Crippen LogP contribution in [0.1, 0.15) is 72.1 Å². The number of rotatable bonds is 13. The summed E-state index contributed by atoms with van der Waals surface area (Å²) in [6.07, 6.45) is 11.7. The van der Waals surface area contributed by atoms with Crippen molar-refractivity contribution in [3.63, 3.8) is 0 Å². The lowest BCUT2D eigenvalue weighted by molar-refractivity contribution is -0.136. The fourth-order valence-corrected chi connectivity index (χ4v) is 13.4. The molecule has 3 N–H and O–H groups in total. The fourth-order valence-electron chi connectivity index (χ4n) is 11.9. The molecule has 2 aromatic heterocycles. The van der Waals surface area contributed by atoms with E-state index in [0.29, 0.717) is 58.1 Å². The molecule has 20 heteroatoms. The highest BCUT2D eigenvalue weighted by Gasteiger charge is 2.46. The summed E-state index contributed by atoms with van der Waals surface area (Å²) in [5.41, 5.74) is 6.97. The number of hydrogen-bond acceptors (Lipinski definition) is 14. The third-order valence-electron chi connectivity index (χ3n) is 16.3.